The third-order valence-electron chi connectivity index (χ3n) is 8.45. The fourth-order valence-corrected chi connectivity index (χ4v) is 6.05. The van der Waals surface area contributed by atoms with E-state index in [1.165, 1.54) is 89.9 Å². The van der Waals surface area contributed by atoms with Gasteiger partial charge in [0.05, 0.1) is 13.2 Å². The quantitative estimate of drug-likeness (QED) is 0.0239. The van der Waals surface area contributed by atoms with Crippen LogP contribution in [0.1, 0.15) is 174 Å². The minimum atomic E-state index is -4.71. The van der Waals surface area contributed by atoms with Crippen LogP contribution in [0.3, 0.4) is 0 Å². The van der Waals surface area contributed by atoms with Crippen LogP contribution in [0.5, 0.6) is 0 Å². The van der Waals surface area contributed by atoms with Gasteiger partial charge in [0.25, 0.3) is 0 Å². The van der Waals surface area contributed by atoms with Gasteiger partial charge in [0, 0.05) is 12.8 Å². The number of aliphatic carboxylic acids is 1. The molecular weight excluding hydrogens is 673 g/mol. The fourth-order valence-electron chi connectivity index (χ4n) is 5.27. The standard InChI is InChI=1S/C39H72NO10P/c1-3-5-7-9-11-13-15-17-18-19-21-23-25-27-29-31-38(42)50-35(33-48-51(45,46)49-34-36(40)39(43)44)32-47-37(41)30-28-26-24-22-20-16-14-12-10-8-6-4-2/h17-18,21,23,35-36H,3-16,19-20,22,24-34,40H2,1-2H3,(H,43,44)(H,45,46)/b18-17+,23-21+/t35-,36+/m1/s1. The summed E-state index contributed by atoms with van der Waals surface area (Å²) < 4.78 is 32.5. The Morgan fingerprint density at radius 1 is 0.608 bits per heavy atom. The van der Waals surface area contributed by atoms with Gasteiger partial charge in [0.2, 0.25) is 0 Å². The lowest BCUT2D eigenvalue weighted by atomic mass is 10.0. The average molecular weight is 746 g/mol. The monoisotopic (exact) mass is 745 g/mol. The van der Waals surface area contributed by atoms with E-state index in [0.29, 0.717) is 12.8 Å². The zero-order valence-electron chi connectivity index (χ0n) is 31.9. The Balaban J connectivity index is 4.47. The number of carboxylic acids is 1. The molecule has 0 amide bonds. The molecule has 0 bridgehead atoms. The molecule has 0 saturated heterocycles. The first-order chi connectivity index (χ1) is 24.6. The molecular formula is C39H72NO10P. The van der Waals surface area contributed by atoms with Crippen molar-refractivity contribution < 1.29 is 47.5 Å². The number of phosphoric ester groups is 1. The molecule has 0 radical (unpaired) electrons. The summed E-state index contributed by atoms with van der Waals surface area (Å²) in [6.07, 6.45) is 33.9. The van der Waals surface area contributed by atoms with E-state index in [0.717, 1.165) is 44.9 Å². The Labute approximate surface area is 309 Å². The Bertz CT molecular complexity index is 974. The number of ether oxygens (including phenoxy) is 2. The van der Waals surface area contributed by atoms with Gasteiger partial charge < -0.3 is 25.2 Å². The summed E-state index contributed by atoms with van der Waals surface area (Å²) in [5.74, 6) is -2.42. The Kier molecular flexibility index (Phi) is 33.6. The van der Waals surface area contributed by atoms with Gasteiger partial charge in [-0.25, -0.2) is 4.57 Å². The van der Waals surface area contributed by atoms with Crippen LogP contribution in [0.15, 0.2) is 24.3 Å². The molecule has 0 aliphatic carbocycles. The third kappa shape index (κ3) is 34.8. The van der Waals surface area contributed by atoms with Crippen LogP contribution in [0, 0.1) is 0 Å². The topological polar surface area (TPSA) is 172 Å². The van der Waals surface area contributed by atoms with Crippen molar-refractivity contribution in [1.82, 2.24) is 0 Å². The first-order valence-electron chi connectivity index (χ1n) is 19.9. The van der Waals surface area contributed by atoms with Crippen molar-refractivity contribution in [2.45, 2.75) is 187 Å². The predicted molar refractivity (Wildman–Crippen MR) is 203 cm³/mol. The lowest BCUT2D eigenvalue weighted by Gasteiger charge is -2.20. The molecule has 0 saturated carbocycles. The molecule has 0 aromatic carbocycles. The fraction of sp³-hybridized carbons (Fsp3) is 0.821. The molecule has 4 N–H and O–H groups in total. The molecule has 0 spiro atoms. The highest BCUT2D eigenvalue weighted by Crippen LogP contribution is 2.43. The number of rotatable bonds is 37. The van der Waals surface area contributed by atoms with Gasteiger partial charge in [-0.05, 0) is 44.9 Å². The van der Waals surface area contributed by atoms with Gasteiger partial charge in [-0.15, -0.1) is 0 Å². The molecule has 12 heteroatoms. The van der Waals surface area contributed by atoms with E-state index in [2.05, 4.69) is 42.7 Å². The maximum absolute atomic E-state index is 12.6. The van der Waals surface area contributed by atoms with Gasteiger partial charge in [-0.3, -0.25) is 23.4 Å². The largest absolute Gasteiger partial charge is 0.480 e. The second-order valence-corrected chi connectivity index (χ2v) is 14.9. The first-order valence-corrected chi connectivity index (χ1v) is 21.4. The van der Waals surface area contributed by atoms with Crippen LogP contribution >= 0.6 is 7.82 Å². The average Bonchev–Trinajstić information content (AvgIpc) is 3.10. The first kappa shape index (κ1) is 49.0. The van der Waals surface area contributed by atoms with E-state index in [9.17, 15) is 23.8 Å². The molecule has 1 unspecified atom stereocenters. The molecule has 0 aliphatic rings. The molecule has 11 nitrogen and oxygen atoms in total. The van der Waals surface area contributed by atoms with Gasteiger partial charge in [-0.1, -0.05) is 141 Å². The number of carbonyl (C=O) groups excluding carboxylic acids is 2. The van der Waals surface area contributed by atoms with E-state index in [1.54, 1.807) is 0 Å². The van der Waals surface area contributed by atoms with Crippen LogP contribution in [-0.2, 0) is 37.5 Å². The van der Waals surface area contributed by atoms with Crippen molar-refractivity contribution in [1.29, 1.82) is 0 Å². The van der Waals surface area contributed by atoms with Crippen molar-refractivity contribution in [3.05, 3.63) is 24.3 Å². The summed E-state index contributed by atoms with van der Waals surface area (Å²) in [4.78, 5) is 45.7. The molecule has 0 aromatic rings. The minimum absolute atomic E-state index is 0.121. The van der Waals surface area contributed by atoms with Crippen LogP contribution in [-0.4, -0.2) is 59.9 Å². The second kappa shape index (κ2) is 35.0. The Morgan fingerprint density at radius 3 is 1.57 bits per heavy atom. The van der Waals surface area contributed by atoms with E-state index in [4.69, 9.17) is 24.8 Å². The third-order valence-corrected chi connectivity index (χ3v) is 9.40. The van der Waals surface area contributed by atoms with Gasteiger partial charge in [0.15, 0.2) is 6.10 Å². The number of nitrogens with two attached hydrogens (primary N) is 1. The van der Waals surface area contributed by atoms with E-state index in [1.807, 2.05) is 0 Å². The number of allylic oxidation sites excluding steroid dienone is 4. The zero-order chi connectivity index (χ0) is 37.8. The molecule has 0 heterocycles. The highest BCUT2D eigenvalue weighted by Gasteiger charge is 2.28. The molecule has 298 valence electrons. The SMILES string of the molecule is CCCCCCCC/C=C/C/C=C/CCCCC(=O)O[C@H](COC(=O)CCCCCCCCCCCCCC)COP(=O)(O)OC[C@H](N)C(=O)O. The van der Waals surface area contributed by atoms with Crippen LogP contribution in [0.25, 0.3) is 0 Å². The molecule has 51 heavy (non-hydrogen) atoms. The van der Waals surface area contributed by atoms with Crippen molar-refractivity contribution in [2.24, 2.45) is 5.73 Å². The van der Waals surface area contributed by atoms with E-state index >= 15 is 0 Å². The maximum atomic E-state index is 12.6. The summed E-state index contributed by atoms with van der Waals surface area (Å²) in [5, 5.41) is 8.86. The lowest BCUT2D eigenvalue weighted by molar-refractivity contribution is -0.161. The van der Waals surface area contributed by atoms with Crippen LogP contribution < -0.4 is 5.73 Å². The van der Waals surface area contributed by atoms with Gasteiger partial charge >= 0.3 is 25.7 Å². The van der Waals surface area contributed by atoms with Crippen LogP contribution in [0.4, 0.5) is 0 Å². The number of phosphoric acid groups is 1. The molecule has 3 atom stereocenters. The van der Waals surface area contributed by atoms with Crippen LogP contribution in [0.2, 0.25) is 0 Å². The summed E-state index contributed by atoms with van der Waals surface area (Å²) in [6.45, 7) is 2.75. The number of esters is 2. The zero-order valence-corrected chi connectivity index (χ0v) is 32.8. The summed E-state index contributed by atoms with van der Waals surface area (Å²) in [7, 11) is -4.71. The number of unbranched alkanes of at least 4 members (excludes halogenated alkanes) is 19. The van der Waals surface area contributed by atoms with Crippen molar-refractivity contribution >= 4 is 25.7 Å². The van der Waals surface area contributed by atoms with Crippen molar-refractivity contribution in [3.63, 3.8) is 0 Å². The van der Waals surface area contributed by atoms with E-state index < -0.39 is 51.1 Å². The van der Waals surface area contributed by atoms with Crippen molar-refractivity contribution in [2.75, 3.05) is 19.8 Å². The highest BCUT2D eigenvalue weighted by atomic mass is 31.2. The summed E-state index contributed by atoms with van der Waals surface area (Å²) in [6, 6.07) is -1.52. The second-order valence-electron chi connectivity index (χ2n) is 13.4. The minimum Gasteiger partial charge on any atom is -0.480 e. The Hall–Kier alpha value is -2.04. The normalized spacial score (nSPS) is 14.1. The Morgan fingerprint density at radius 2 is 1.04 bits per heavy atom. The smallest absolute Gasteiger partial charge is 0.472 e. The summed E-state index contributed by atoms with van der Waals surface area (Å²) in [5.41, 5.74) is 5.31. The lowest BCUT2D eigenvalue weighted by Crippen LogP contribution is -2.34. The molecule has 0 aromatic heterocycles. The number of hydrogen-bond acceptors (Lipinski definition) is 9. The van der Waals surface area contributed by atoms with E-state index in [-0.39, 0.29) is 19.4 Å². The maximum Gasteiger partial charge on any atom is 0.472 e. The molecule has 0 rings (SSSR count). The highest BCUT2D eigenvalue weighted by molar-refractivity contribution is 7.47. The molecule has 0 fully saturated rings. The molecule has 0 aliphatic heterocycles. The van der Waals surface area contributed by atoms with Gasteiger partial charge in [0.1, 0.15) is 12.6 Å². The van der Waals surface area contributed by atoms with Crippen molar-refractivity contribution in [3.8, 4) is 0 Å². The summed E-state index contributed by atoms with van der Waals surface area (Å²) >= 11 is 0. The number of carboxylic acid groups (broad SMARTS) is 1. The predicted octanol–water partition coefficient (Wildman–Crippen LogP) is 9.89. The van der Waals surface area contributed by atoms with Gasteiger partial charge in [-0.2, -0.15) is 0 Å². The number of carbonyl (C=O) groups is 3. The number of hydrogen-bond donors (Lipinski definition) is 3.